The number of amides is 1. The fourth-order valence-electron chi connectivity index (χ4n) is 4.84. The molecule has 5 nitrogen and oxygen atoms in total. The third kappa shape index (κ3) is 4.72. The minimum Gasteiger partial charge on any atom is -0.288 e. The van der Waals surface area contributed by atoms with Gasteiger partial charge in [0.25, 0.3) is 0 Å². The first kappa shape index (κ1) is 22.9. The molecule has 1 atom stereocenters. The first-order valence-electron chi connectivity index (χ1n) is 11.4. The van der Waals surface area contributed by atoms with Gasteiger partial charge in [0.05, 0.1) is 28.0 Å². The number of benzene rings is 2. The molecular formula is C25H25BrCl2N4O. The SMILES string of the molecule is O=C(NN1CCCCC1)C1CCCc2c1nn(-c1ccc(Cl)cc1Cl)c2-c1ccc(Br)cc1. The molecule has 5 rings (SSSR count). The minimum atomic E-state index is -0.280. The van der Waals surface area contributed by atoms with Crippen LogP contribution in [0.4, 0.5) is 0 Å². The molecule has 2 heterocycles. The molecular weight excluding hydrogens is 523 g/mol. The van der Waals surface area contributed by atoms with Gasteiger partial charge in [-0.3, -0.25) is 10.2 Å². The van der Waals surface area contributed by atoms with Gasteiger partial charge in [-0.05, 0) is 62.4 Å². The number of hydrogen-bond donors (Lipinski definition) is 1. The van der Waals surface area contributed by atoms with Crippen molar-refractivity contribution in [3.05, 3.63) is 68.2 Å². The van der Waals surface area contributed by atoms with Gasteiger partial charge in [-0.25, -0.2) is 9.69 Å². The number of nitrogens with zero attached hydrogens (tertiary/aromatic N) is 3. The van der Waals surface area contributed by atoms with Crippen LogP contribution < -0.4 is 5.43 Å². The van der Waals surface area contributed by atoms with Crippen LogP contribution in [0.25, 0.3) is 16.9 Å². The number of nitrogens with one attached hydrogen (secondary N) is 1. The van der Waals surface area contributed by atoms with Crippen molar-refractivity contribution in [1.29, 1.82) is 0 Å². The summed E-state index contributed by atoms with van der Waals surface area (Å²) >= 11 is 16.3. The van der Waals surface area contributed by atoms with Gasteiger partial charge in [0.15, 0.2) is 0 Å². The van der Waals surface area contributed by atoms with E-state index in [0.717, 1.165) is 77.9 Å². The predicted molar refractivity (Wildman–Crippen MR) is 136 cm³/mol. The normalized spacial score (nSPS) is 18.7. The summed E-state index contributed by atoms with van der Waals surface area (Å²) in [6.45, 7) is 1.81. The van der Waals surface area contributed by atoms with Gasteiger partial charge in [-0.1, -0.05) is 57.7 Å². The van der Waals surface area contributed by atoms with E-state index >= 15 is 0 Å². The number of carbonyl (C=O) groups excluding carboxylic acids is 1. The molecule has 1 fully saturated rings. The van der Waals surface area contributed by atoms with Crippen LogP contribution in [0.5, 0.6) is 0 Å². The Kier molecular flexibility index (Phi) is 6.79. The smallest absolute Gasteiger partial charge is 0.243 e. The van der Waals surface area contributed by atoms with E-state index in [9.17, 15) is 4.79 Å². The highest BCUT2D eigenvalue weighted by atomic mass is 79.9. The summed E-state index contributed by atoms with van der Waals surface area (Å²) < 4.78 is 2.90. The van der Waals surface area contributed by atoms with E-state index in [1.807, 2.05) is 28.9 Å². The molecule has 1 N–H and O–H groups in total. The Balaban J connectivity index is 1.59. The number of rotatable bonds is 4. The fraction of sp³-hybridized carbons (Fsp3) is 0.360. The molecule has 0 bridgehead atoms. The van der Waals surface area contributed by atoms with Crippen molar-refractivity contribution in [3.8, 4) is 16.9 Å². The van der Waals surface area contributed by atoms with Crippen molar-refractivity contribution < 1.29 is 4.79 Å². The topological polar surface area (TPSA) is 50.2 Å². The molecule has 1 aromatic heterocycles. The second-order valence-electron chi connectivity index (χ2n) is 8.70. The van der Waals surface area contributed by atoms with E-state index in [1.165, 1.54) is 6.42 Å². The molecule has 33 heavy (non-hydrogen) atoms. The summed E-state index contributed by atoms with van der Waals surface area (Å²) in [5.74, 6) is -0.246. The molecule has 8 heteroatoms. The summed E-state index contributed by atoms with van der Waals surface area (Å²) in [5.41, 5.74) is 7.90. The van der Waals surface area contributed by atoms with Crippen LogP contribution in [-0.2, 0) is 11.2 Å². The number of fused-ring (bicyclic) bond motifs is 1. The molecule has 1 amide bonds. The monoisotopic (exact) mass is 546 g/mol. The van der Waals surface area contributed by atoms with Gasteiger partial charge in [0.2, 0.25) is 5.91 Å². The first-order valence-corrected chi connectivity index (χ1v) is 12.9. The average molecular weight is 548 g/mol. The second-order valence-corrected chi connectivity index (χ2v) is 10.5. The van der Waals surface area contributed by atoms with Gasteiger partial charge in [0, 0.05) is 33.7 Å². The van der Waals surface area contributed by atoms with E-state index in [-0.39, 0.29) is 11.8 Å². The lowest BCUT2D eigenvalue weighted by atomic mass is 9.85. The maximum atomic E-state index is 13.3. The highest BCUT2D eigenvalue weighted by Gasteiger charge is 2.34. The molecule has 0 saturated carbocycles. The molecule has 3 aromatic rings. The van der Waals surface area contributed by atoms with E-state index in [2.05, 4.69) is 38.5 Å². The summed E-state index contributed by atoms with van der Waals surface area (Å²) in [6.07, 6.45) is 6.07. The third-order valence-electron chi connectivity index (χ3n) is 6.46. The lowest BCUT2D eigenvalue weighted by Crippen LogP contribution is -2.47. The minimum absolute atomic E-state index is 0.0343. The third-order valence-corrected chi connectivity index (χ3v) is 7.53. The maximum Gasteiger partial charge on any atom is 0.243 e. The van der Waals surface area contributed by atoms with Gasteiger partial charge < -0.3 is 0 Å². The van der Waals surface area contributed by atoms with Crippen LogP contribution in [0.2, 0.25) is 10.0 Å². The van der Waals surface area contributed by atoms with Crippen LogP contribution in [0.3, 0.4) is 0 Å². The van der Waals surface area contributed by atoms with Crippen molar-refractivity contribution in [3.63, 3.8) is 0 Å². The van der Waals surface area contributed by atoms with Gasteiger partial charge in [-0.2, -0.15) is 5.10 Å². The molecule has 2 aliphatic rings. The number of piperidine rings is 1. The molecule has 0 radical (unpaired) electrons. The number of hydrazine groups is 1. The Morgan fingerprint density at radius 1 is 1.03 bits per heavy atom. The van der Waals surface area contributed by atoms with E-state index < -0.39 is 0 Å². The molecule has 172 valence electrons. The average Bonchev–Trinajstić information content (AvgIpc) is 3.19. The zero-order valence-corrected chi connectivity index (χ0v) is 21.3. The Hall–Kier alpha value is -1.86. The fourth-order valence-corrected chi connectivity index (χ4v) is 5.59. The summed E-state index contributed by atoms with van der Waals surface area (Å²) in [5, 5.41) is 8.16. The van der Waals surface area contributed by atoms with Crippen LogP contribution in [0.1, 0.15) is 49.3 Å². The van der Waals surface area contributed by atoms with Crippen LogP contribution in [-0.4, -0.2) is 33.8 Å². The van der Waals surface area contributed by atoms with Crippen molar-refractivity contribution in [2.24, 2.45) is 0 Å². The van der Waals surface area contributed by atoms with Crippen molar-refractivity contribution >= 4 is 45.0 Å². The predicted octanol–water partition coefficient (Wildman–Crippen LogP) is 6.55. The number of hydrogen-bond acceptors (Lipinski definition) is 3. The molecule has 1 saturated heterocycles. The molecule has 1 unspecified atom stereocenters. The zero-order valence-electron chi connectivity index (χ0n) is 18.2. The second kappa shape index (κ2) is 9.79. The van der Waals surface area contributed by atoms with Crippen molar-refractivity contribution in [2.75, 3.05) is 13.1 Å². The highest BCUT2D eigenvalue weighted by Crippen LogP contribution is 2.40. The molecule has 1 aliphatic heterocycles. The van der Waals surface area contributed by atoms with E-state index in [0.29, 0.717) is 10.0 Å². The quantitative estimate of drug-likeness (QED) is 0.403. The van der Waals surface area contributed by atoms with Crippen molar-refractivity contribution in [1.82, 2.24) is 20.2 Å². The maximum absolute atomic E-state index is 13.3. The summed E-state index contributed by atoms with van der Waals surface area (Å²) in [6, 6.07) is 13.6. The molecule has 0 spiro atoms. The number of carbonyl (C=O) groups is 1. The summed E-state index contributed by atoms with van der Waals surface area (Å²) in [7, 11) is 0. The van der Waals surface area contributed by atoms with E-state index in [1.54, 1.807) is 6.07 Å². The van der Waals surface area contributed by atoms with Crippen LogP contribution >= 0.6 is 39.1 Å². The zero-order chi connectivity index (χ0) is 22.9. The Labute approximate surface area is 212 Å². The van der Waals surface area contributed by atoms with E-state index in [4.69, 9.17) is 28.3 Å². The lowest BCUT2D eigenvalue weighted by molar-refractivity contribution is -0.128. The number of halogens is 3. The number of aromatic nitrogens is 2. The summed E-state index contributed by atoms with van der Waals surface area (Å²) in [4.78, 5) is 13.3. The molecule has 1 aliphatic carbocycles. The Morgan fingerprint density at radius 3 is 2.52 bits per heavy atom. The van der Waals surface area contributed by atoms with Crippen molar-refractivity contribution in [2.45, 2.75) is 44.4 Å². The lowest BCUT2D eigenvalue weighted by Gasteiger charge is -2.29. The first-order chi connectivity index (χ1) is 16.0. The van der Waals surface area contributed by atoms with Gasteiger partial charge in [0.1, 0.15) is 0 Å². The van der Waals surface area contributed by atoms with Gasteiger partial charge in [-0.15, -0.1) is 0 Å². The van der Waals surface area contributed by atoms with Gasteiger partial charge >= 0.3 is 0 Å². The van der Waals surface area contributed by atoms with Crippen LogP contribution in [0.15, 0.2) is 46.9 Å². The largest absolute Gasteiger partial charge is 0.288 e. The Bertz CT molecular complexity index is 1170. The standard InChI is InChI=1S/C25H25BrCl2N4O/c26-17-9-7-16(8-10-17)24-19-5-4-6-20(25(33)30-31-13-2-1-3-14-31)23(19)29-32(24)22-12-11-18(27)15-21(22)28/h7-12,15,20H,1-6,13-14H2,(H,30,33). The van der Waals surface area contributed by atoms with Crippen LogP contribution in [0, 0.1) is 0 Å². The molecule has 2 aromatic carbocycles. The highest BCUT2D eigenvalue weighted by molar-refractivity contribution is 9.10. The Morgan fingerprint density at radius 2 is 1.79 bits per heavy atom.